The van der Waals surface area contributed by atoms with Crippen LogP contribution in [0, 0.1) is 12.8 Å². The number of carbonyl (C=O) groups excluding carboxylic acids is 2. The smallest absolute Gasteiger partial charge is 0.253 e. The first-order chi connectivity index (χ1) is 8.86. The van der Waals surface area contributed by atoms with E-state index in [0.717, 1.165) is 0 Å². The number of carbonyl (C=O) groups is 2. The van der Waals surface area contributed by atoms with Gasteiger partial charge in [-0.05, 0) is 30.7 Å². The lowest BCUT2D eigenvalue weighted by Gasteiger charge is -2.21. The molecule has 0 aliphatic heterocycles. The number of hydrogen-bond acceptors (Lipinski definition) is 3. The Hall–Kier alpha value is -2.04. The van der Waals surface area contributed by atoms with Crippen molar-refractivity contribution in [3.8, 4) is 5.75 Å². The van der Waals surface area contributed by atoms with E-state index in [4.69, 9.17) is 0 Å². The summed E-state index contributed by atoms with van der Waals surface area (Å²) in [6.45, 7) is 3.88. The minimum absolute atomic E-state index is 0.0953. The van der Waals surface area contributed by atoms with Crippen molar-refractivity contribution >= 4 is 11.8 Å². The molecule has 1 aromatic rings. The summed E-state index contributed by atoms with van der Waals surface area (Å²) in [5.74, 6) is -0.387. The van der Waals surface area contributed by atoms with E-state index in [9.17, 15) is 14.7 Å². The van der Waals surface area contributed by atoms with E-state index in [0.29, 0.717) is 17.7 Å². The second-order valence-electron chi connectivity index (χ2n) is 4.70. The molecule has 1 unspecified atom stereocenters. The fourth-order valence-electron chi connectivity index (χ4n) is 1.92. The van der Waals surface area contributed by atoms with Gasteiger partial charge in [0, 0.05) is 26.2 Å². The van der Waals surface area contributed by atoms with Crippen LogP contribution in [0.5, 0.6) is 5.75 Å². The van der Waals surface area contributed by atoms with Crippen molar-refractivity contribution in [3.63, 3.8) is 0 Å². The zero-order valence-corrected chi connectivity index (χ0v) is 11.7. The van der Waals surface area contributed by atoms with E-state index in [-0.39, 0.29) is 23.5 Å². The lowest BCUT2D eigenvalue weighted by Crippen LogP contribution is -2.37. The van der Waals surface area contributed by atoms with Crippen molar-refractivity contribution in [2.24, 2.45) is 5.92 Å². The Balaban J connectivity index is 2.79. The Bertz CT molecular complexity index is 486. The molecule has 0 spiro atoms. The van der Waals surface area contributed by atoms with E-state index in [1.165, 1.54) is 11.0 Å². The molecule has 2 N–H and O–H groups in total. The summed E-state index contributed by atoms with van der Waals surface area (Å²) < 4.78 is 0. The first kappa shape index (κ1) is 15.0. The van der Waals surface area contributed by atoms with Gasteiger partial charge in [-0.1, -0.05) is 6.92 Å². The highest BCUT2D eigenvalue weighted by Gasteiger charge is 2.19. The molecule has 0 saturated heterocycles. The molecule has 5 heteroatoms. The largest absolute Gasteiger partial charge is 0.508 e. The Morgan fingerprint density at radius 1 is 1.42 bits per heavy atom. The molecule has 1 atom stereocenters. The van der Waals surface area contributed by atoms with Crippen molar-refractivity contribution < 1.29 is 14.7 Å². The number of nitrogens with zero attached hydrogens (tertiary/aromatic N) is 1. The second-order valence-corrected chi connectivity index (χ2v) is 4.70. The van der Waals surface area contributed by atoms with Gasteiger partial charge >= 0.3 is 0 Å². The molecule has 19 heavy (non-hydrogen) atoms. The Morgan fingerprint density at radius 3 is 2.58 bits per heavy atom. The molecule has 104 valence electrons. The maximum Gasteiger partial charge on any atom is 0.253 e. The highest BCUT2D eigenvalue weighted by molar-refractivity contribution is 5.96. The zero-order valence-electron chi connectivity index (χ0n) is 11.7. The van der Waals surface area contributed by atoms with Crippen LogP contribution in [0.4, 0.5) is 0 Å². The molecule has 5 nitrogen and oxygen atoms in total. The Morgan fingerprint density at radius 2 is 2.05 bits per heavy atom. The van der Waals surface area contributed by atoms with Crippen molar-refractivity contribution in [1.82, 2.24) is 10.2 Å². The van der Waals surface area contributed by atoms with E-state index in [2.05, 4.69) is 5.32 Å². The molecule has 2 amide bonds. The molecule has 1 rings (SSSR count). The summed E-state index contributed by atoms with van der Waals surface area (Å²) in [5.41, 5.74) is 1.24. The predicted octanol–water partition coefficient (Wildman–Crippen LogP) is 1.15. The molecule has 0 saturated carbocycles. The minimum Gasteiger partial charge on any atom is -0.508 e. The standard InChI is InChI=1S/C14H20N2O3/c1-9-7-11(17)5-6-12(9)14(19)16(4)8-10(2)13(18)15-3/h5-7,10,17H,8H2,1-4H3,(H,15,18). The van der Waals surface area contributed by atoms with Crippen LogP contribution in [0.3, 0.4) is 0 Å². The lowest BCUT2D eigenvalue weighted by atomic mass is 10.1. The number of aryl methyl sites for hydroxylation is 1. The maximum atomic E-state index is 12.2. The van der Waals surface area contributed by atoms with Gasteiger partial charge in [0.15, 0.2) is 0 Å². The van der Waals surface area contributed by atoms with Gasteiger partial charge in [0.25, 0.3) is 5.91 Å². The lowest BCUT2D eigenvalue weighted by molar-refractivity contribution is -0.124. The first-order valence-corrected chi connectivity index (χ1v) is 6.13. The fourth-order valence-corrected chi connectivity index (χ4v) is 1.92. The first-order valence-electron chi connectivity index (χ1n) is 6.13. The van der Waals surface area contributed by atoms with Crippen molar-refractivity contribution in [3.05, 3.63) is 29.3 Å². The van der Waals surface area contributed by atoms with Crippen LogP contribution in [-0.4, -0.2) is 42.5 Å². The number of aromatic hydroxyl groups is 1. The number of amides is 2. The Kier molecular flexibility index (Phi) is 4.92. The van der Waals surface area contributed by atoms with Gasteiger partial charge < -0.3 is 15.3 Å². The number of phenols is 1. The van der Waals surface area contributed by atoms with E-state index < -0.39 is 0 Å². The average molecular weight is 264 g/mol. The van der Waals surface area contributed by atoms with E-state index in [1.54, 1.807) is 40.1 Å². The second kappa shape index (κ2) is 6.22. The predicted molar refractivity (Wildman–Crippen MR) is 73.0 cm³/mol. The van der Waals surface area contributed by atoms with Crippen LogP contribution >= 0.6 is 0 Å². The minimum atomic E-state index is -0.267. The van der Waals surface area contributed by atoms with Crippen LogP contribution < -0.4 is 5.32 Å². The van der Waals surface area contributed by atoms with E-state index >= 15 is 0 Å². The highest BCUT2D eigenvalue weighted by atomic mass is 16.3. The third kappa shape index (κ3) is 3.71. The molecular formula is C14H20N2O3. The average Bonchev–Trinajstić information content (AvgIpc) is 2.36. The molecule has 0 bridgehead atoms. The highest BCUT2D eigenvalue weighted by Crippen LogP contribution is 2.17. The van der Waals surface area contributed by atoms with Crippen molar-refractivity contribution in [2.45, 2.75) is 13.8 Å². The van der Waals surface area contributed by atoms with Gasteiger partial charge in [-0.3, -0.25) is 9.59 Å². The van der Waals surface area contributed by atoms with Crippen LogP contribution in [0.1, 0.15) is 22.8 Å². The van der Waals surface area contributed by atoms with Gasteiger partial charge in [-0.15, -0.1) is 0 Å². The quantitative estimate of drug-likeness (QED) is 0.857. The SMILES string of the molecule is CNC(=O)C(C)CN(C)C(=O)c1ccc(O)cc1C. The van der Waals surface area contributed by atoms with Crippen LogP contribution in [0.25, 0.3) is 0 Å². The molecule has 0 aromatic heterocycles. The third-order valence-corrected chi connectivity index (χ3v) is 3.03. The molecule has 0 aliphatic carbocycles. The number of nitrogens with one attached hydrogen (secondary N) is 1. The Labute approximate surface area is 113 Å². The van der Waals surface area contributed by atoms with Gasteiger partial charge in [-0.2, -0.15) is 0 Å². The molecular weight excluding hydrogens is 244 g/mol. The van der Waals surface area contributed by atoms with Crippen molar-refractivity contribution in [2.75, 3.05) is 20.6 Å². The molecule has 0 heterocycles. The fraction of sp³-hybridized carbons (Fsp3) is 0.429. The van der Waals surface area contributed by atoms with E-state index in [1.807, 2.05) is 0 Å². The normalized spacial score (nSPS) is 11.8. The summed E-state index contributed by atoms with van der Waals surface area (Å²) in [6.07, 6.45) is 0. The number of benzene rings is 1. The zero-order chi connectivity index (χ0) is 14.6. The maximum absolute atomic E-state index is 12.2. The van der Waals surface area contributed by atoms with Gasteiger partial charge in [0.2, 0.25) is 5.91 Å². The van der Waals surface area contributed by atoms with Gasteiger partial charge in [0.1, 0.15) is 5.75 Å². The monoisotopic (exact) mass is 264 g/mol. The summed E-state index contributed by atoms with van der Waals surface area (Å²) in [7, 11) is 3.23. The summed E-state index contributed by atoms with van der Waals surface area (Å²) in [6, 6.07) is 4.62. The van der Waals surface area contributed by atoms with Crippen molar-refractivity contribution in [1.29, 1.82) is 0 Å². The molecule has 0 fully saturated rings. The summed E-state index contributed by atoms with van der Waals surface area (Å²) >= 11 is 0. The molecule has 0 aliphatic rings. The molecule has 0 radical (unpaired) electrons. The molecule has 1 aromatic carbocycles. The number of phenolic OH excluding ortho intramolecular Hbond substituents is 1. The van der Waals surface area contributed by atoms with Crippen LogP contribution in [0.15, 0.2) is 18.2 Å². The number of rotatable bonds is 4. The topological polar surface area (TPSA) is 69.6 Å². The summed E-state index contributed by atoms with van der Waals surface area (Å²) in [4.78, 5) is 25.2. The summed E-state index contributed by atoms with van der Waals surface area (Å²) in [5, 5.41) is 11.9. The van der Waals surface area contributed by atoms with Gasteiger partial charge in [0.05, 0.1) is 5.92 Å². The number of hydrogen-bond donors (Lipinski definition) is 2. The van der Waals surface area contributed by atoms with Crippen LogP contribution in [-0.2, 0) is 4.79 Å². The van der Waals surface area contributed by atoms with Crippen LogP contribution in [0.2, 0.25) is 0 Å². The third-order valence-electron chi connectivity index (χ3n) is 3.03. The van der Waals surface area contributed by atoms with Gasteiger partial charge in [-0.25, -0.2) is 0 Å².